The van der Waals surface area contributed by atoms with Crippen molar-refractivity contribution in [2.75, 3.05) is 0 Å². The number of carbonyl (C=O) groups excluding carboxylic acids is 1. The highest BCUT2D eigenvalue weighted by molar-refractivity contribution is 5.86. The summed E-state index contributed by atoms with van der Waals surface area (Å²) in [7, 11) is 0. The second kappa shape index (κ2) is 6.90. The van der Waals surface area contributed by atoms with E-state index in [1.807, 2.05) is 12.1 Å². The first-order valence-electron chi connectivity index (χ1n) is 7.79. The van der Waals surface area contributed by atoms with E-state index in [0.29, 0.717) is 5.76 Å². The Balaban J connectivity index is 1.94. The smallest absolute Gasteiger partial charge is 0.374 e. The second-order valence-electron chi connectivity index (χ2n) is 6.78. The number of carbonyl (C=O) groups is 1. The van der Waals surface area contributed by atoms with Gasteiger partial charge >= 0.3 is 5.97 Å². The number of ether oxygens (including phenoxy) is 2. The van der Waals surface area contributed by atoms with Crippen molar-refractivity contribution in [2.24, 2.45) is 0 Å². The first-order valence-corrected chi connectivity index (χ1v) is 7.79. The molecule has 0 radical (unpaired) electrons. The molecular weight excluding hydrogens is 292 g/mol. The third kappa shape index (κ3) is 4.88. The molecule has 0 amide bonds. The van der Waals surface area contributed by atoms with E-state index in [2.05, 4.69) is 32.9 Å². The minimum atomic E-state index is -0.458. The summed E-state index contributed by atoms with van der Waals surface area (Å²) >= 11 is 0. The van der Waals surface area contributed by atoms with Crippen molar-refractivity contribution in [3.05, 3.63) is 53.5 Å². The van der Waals surface area contributed by atoms with Gasteiger partial charge in [0.15, 0.2) is 0 Å². The zero-order valence-corrected chi connectivity index (χ0v) is 14.4. The van der Waals surface area contributed by atoms with Crippen LogP contribution in [-0.4, -0.2) is 12.1 Å². The summed E-state index contributed by atoms with van der Waals surface area (Å²) in [4.78, 5) is 11.7. The lowest BCUT2D eigenvalue weighted by molar-refractivity contribution is 0.0337. The van der Waals surface area contributed by atoms with Crippen LogP contribution < -0.4 is 4.74 Å². The lowest BCUT2D eigenvalue weighted by Crippen LogP contribution is -2.10. The summed E-state index contributed by atoms with van der Waals surface area (Å²) in [5, 5.41) is 0. The number of esters is 1. The van der Waals surface area contributed by atoms with Crippen LogP contribution in [0.25, 0.3) is 0 Å². The van der Waals surface area contributed by atoms with Gasteiger partial charge in [-0.2, -0.15) is 0 Å². The summed E-state index contributed by atoms with van der Waals surface area (Å²) in [5.74, 6) is 1.09. The fourth-order valence-electron chi connectivity index (χ4n) is 2.04. The molecule has 2 aromatic rings. The van der Waals surface area contributed by atoms with Crippen molar-refractivity contribution in [3.8, 4) is 5.75 Å². The number of hydrogen-bond donors (Lipinski definition) is 0. The average Bonchev–Trinajstić information content (AvgIpc) is 2.93. The molecule has 2 rings (SSSR count). The molecule has 4 nitrogen and oxygen atoms in total. The molecule has 0 aliphatic rings. The maximum absolute atomic E-state index is 11.7. The van der Waals surface area contributed by atoms with Gasteiger partial charge in [-0.25, -0.2) is 4.79 Å². The molecule has 4 heteroatoms. The van der Waals surface area contributed by atoms with E-state index in [1.165, 1.54) is 5.56 Å². The quantitative estimate of drug-likeness (QED) is 0.749. The van der Waals surface area contributed by atoms with Crippen LogP contribution in [0.2, 0.25) is 0 Å². The van der Waals surface area contributed by atoms with Crippen LogP contribution >= 0.6 is 0 Å². The molecule has 0 aliphatic carbocycles. The molecule has 23 heavy (non-hydrogen) atoms. The van der Waals surface area contributed by atoms with Crippen LogP contribution in [0, 0.1) is 0 Å². The highest BCUT2D eigenvalue weighted by Crippen LogP contribution is 2.24. The Morgan fingerprint density at radius 1 is 1.09 bits per heavy atom. The van der Waals surface area contributed by atoms with Crippen molar-refractivity contribution < 1.29 is 18.7 Å². The molecule has 1 aromatic carbocycles. The molecule has 1 heterocycles. The highest BCUT2D eigenvalue weighted by Gasteiger charge is 2.15. The number of furan rings is 1. The number of rotatable bonds is 5. The molecule has 1 aromatic heterocycles. The van der Waals surface area contributed by atoms with Crippen LogP contribution in [-0.2, 0) is 16.8 Å². The molecule has 0 saturated heterocycles. The van der Waals surface area contributed by atoms with E-state index in [0.717, 1.165) is 5.75 Å². The van der Waals surface area contributed by atoms with Gasteiger partial charge in [0, 0.05) is 0 Å². The highest BCUT2D eigenvalue weighted by atomic mass is 16.6. The van der Waals surface area contributed by atoms with Gasteiger partial charge in [0.2, 0.25) is 5.76 Å². The van der Waals surface area contributed by atoms with Crippen LogP contribution in [0.4, 0.5) is 0 Å². The maximum atomic E-state index is 11.7. The maximum Gasteiger partial charge on any atom is 0.374 e. The molecule has 0 unspecified atom stereocenters. The predicted octanol–water partition coefficient (Wildman–Crippen LogP) is 4.72. The van der Waals surface area contributed by atoms with Crippen molar-refractivity contribution in [1.82, 2.24) is 0 Å². The summed E-state index contributed by atoms with van der Waals surface area (Å²) in [6.45, 7) is 10.4. The zero-order valence-electron chi connectivity index (χ0n) is 14.4. The average molecular weight is 316 g/mol. The summed E-state index contributed by atoms with van der Waals surface area (Å²) in [6.07, 6.45) is -0.173. The van der Waals surface area contributed by atoms with Gasteiger partial charge in [-0.15, -0.1) is 0 Å². The van der Waals surface area contributed by atoms with Crippen molar-refractivity contribution >= 4 is 5.97 Å². The topological polar surface area (TPSA) is 48.7 Å². The van der Waals surface area contributed by atoms with E-state index in [9.17, 15) is 4.79 Å². The van der Waals surface area contributed by atoms with Gasteiger partial charge in [0.25, 0.3) is 0 Å². The van der Waals surface area contributed by atoms with Crippen molar-refractivity contribution in [3.63, 3.8) is 0 Å². The molecule has 0 spiro atoms. The standard InChI is InChI=1S/C19H24O4/c1-13(2)22-18(20)17-11-10-16(23-17)12-21-15-8-6-14(7-9-15)19(3,4)5/h6-11,13H,12H2,1-5H3. The van der Waals surface area contributed by atoms with Gasteiger partial charge in [-0.05, 0) is 49.1 Å². The Bertz CT molecular complexity index is 645. The molecule has 0 saturated carbocycles. The van der Waals surface area contributed by atoms with Crippen molar-refractivity contribution in [1.29, 1.82) is 0 Å². The van der Waals surface area contributed by atoms with Crippen LogP contribution in [0.5, 0.6) is 5.75 Å². The molecule has 0 atom stereocenters. The molecule has 0 bridgehead atoms. The lowest BCUT2D eigenvalue weighted by atomic mass is 9.87. The number of benzene rings is 1. The second-order valence-corrected chi connectivity index (χ2v) is 6.78. The first-order chi connectivity index (χ1) is 10.8. The third-order valence-electron chi connectivity index (χ3n) is 3.31. The molecular formula is C19H24O4. The van der Waals surface area contributed by atoms with Gasteiger partial charge < -0.3 is 13.9 Å². The first kappa shape index (κ1) is 17.1. The summed E-state index contributed by atoms with van der Waals surface area (Å²) in [5.41, 5.74) is 1.37. The van der Waals surface area contributed by atoms with Gasteiger partial charge in [-0.1, -0.05) is 32.9 Å². The van der Waals surface area contributed by atoms with Crippen LogP contribution in [0.1, 0.15) is 56.5 Å². The minimum Gasteiger partial charge on any atom is -0.486 e. The summed E-state index contributed by atoms with van der Waals surface area (Å²) < 4.78 is 16.2. The molecule has 0 fully saturated rings. The van der Waals surface area contributed by atoms with Gasteiger partial charge in [0.05, 0.1) is 6.10 Å². The Labute approximate surface area is 137 Å². The largest absolute Gasteiger partial charge is 0.486 e. The SMILES string of the molecule is CC(C)OC(=O)c1ccc(COc2ccc(C(C)(C)C)cc2)o1. The molecule has 124 valence electrons. The Kier molecular flexibility index (Phi) is 5.14. The van der Waals surface area contributed by atoms with E-state index >= 15 is 0 Å². The van der Waals surface area contributed by atoms with E-state index in [1.54, 1.807) is 26.0 Å². The van der Waals surface area contributed by atoms with E-state index in [-0.39, 0.29) is 23.9 Å². The zero-order chi connectivity index (χ0) is 17.0. The fraction of sp³-hybridized carbons (Fsp3) is 0.421. The third-order valence-corrected chi connectivity index (χ3v) is 3.31. The monoisotopic (exact) mass is 316 g/mol. The van der Waals surface area contributed by atoms with Crippen LogP contribution in [0.15, 0.2) is 40.8 Å². The number of hydrogen-bond acceptors (Lipinski definition) is 4. The normalized spacial score (nSPS) is 11.6. The molecule has 0 N–H and O–H groups in total. The van der Waals surface area contributed by atoms with E-state index in [4.69, 9.17) is 13.9 Å². The Morgan fingerprint density at radius 2 is 1.74 bits per heavy atom. The fourth-order valence-corrected chi connectivity index (χ4v) is 2.04. The Hall–Kier alpha value is -2.23. The molecule has 0 aliphatic heterocycles. The van der Waals surface area contributed by atoms with E-state index < -0.39 is 5.97 Å². The van der Waals surface area contributed by atoms with Gasteiger partial charge in [-0.3, -0.25) is 0 Å². The van der Waals surface area contributed by atoms with Crippen LogP contribution in [0.3, 0.4) is 0 Å². The minimum absolute atomic E-state index is 0.116. The van der Waals surface area contributed by atoms with Gasteiger partial charge in [0.1, 0.15) is 18.1 Å². The lowest BCUT2D eigenvalue weighted by Gasteiger charge is -2.19. The van der Waals surface area contributed by atoms with Crippen molar-refractivity contribution in [2.45, 2.75) is 52.7 Å². The predicted molar refractivity (Wildman–Crippen MR) is 88.7 cm³/mol. The Morgan fingerprint density at radius 3 is 2.30 bits per heavy atom. The summed E-state index contributed by atoms with van der Waals surface area (Å²) in [6, 6.07) is 11.3.